The summed E-state index contributed by atoms with van der Waals surface area (Å²) in [6.45, 7) is 0. The predicted molar refractivity (Wildman–Crippen MR) is 217 cm³/mol. The maximum atomic E-state index is 4.99. The van der Waals surface area contributed by atoms with Gasteiger partial charge in [0.2, 0.25) is 0 Å². The topological polar surface area (TPSA) is 38.7 Å². The molecule has 0 unspecified atom stereocenters. The highest BCUT2D eigenvalue weighted by Crippen LogP contribution is 2.43. The summed E-state index contributed by atoms with van der Waals surface area (Å²) >= 11 is 0. The minimum absolute atomic E-state index is 0.644. The van der Waals surface area contributed by atoms with Crippen molar-refractivity contribution in [3.63, 3.8) is 0 Å². The molecule has 0 spiro atoms. The first-order valence-electron chi connectivity index (χ1n) is 17.6. The van der Waals surface area contributed by atoms with Crippen molar-refractivity contribution in [3.8, 4) is 56.4 Å². The van der Waals surface area contributed by atoms with Crippen LogP contribution in [0.5, 0.6) is 0 Å². The Labute approximate surface area is 301 Å². The Morgan fingerprint density at radius 3 is 1.17 bits per heavy atom. The summed E-state index contributed by atoms with van der Waals surface area (Å²) in [5.74, 6) is 1.95. The van der Waals surface area contributed by atoms with Crippen LogP contribution in [-0.4, -0.2) is 15.0 Å². The average molecular weight is 662 g/mol. The lowest BCUT2D eigenvalue weighted by molar-refractivity contribution is 1.07. The standard InChI is InChI=1S/C49H31N3/c1-3-15-32(16-4-1)47-50-48(33-17-5-2-6-18-33)52-49(51-47)37-22-14-20-35(30-37)34-19-13-21-36(29-34)44-31-45-40-25-8-7-23-38(40)39-24-9-11-27-42(39)46(45)43-28-12-10-26-41(43)44/h1-31H. The first-order valence-corrected chi connectivity index (χ1v) is 17.6. The third-order valence-corrected chi connectivity index (χ3v) is 10.1. The molecule has 0 aliphatic carbocycles. The van der Waals surface area contributed by atoms with E-state index < -0.39 is 0 Å². The highest BCUT2D eigenvalue weighted by Gasteiger charge is 2.16. The van der Waals surface area contributed by atoms with E-state index in [9.17, 15) is 0 Å². The van der Waals surface area contributed by atoms with Crippen molar-refractivity contribution in [1.82, 2.24) is 15.0 Å². The Morgan fingerprint density at radius 1 is 0.231 bits per heavy atom. The van der Waals surface area contributed by atoms with Gasteiger partial charge in [-0.25, -0.2) is 15.0 Å². The van der Waals surface area contributed by atoms with Gasteiger partial charge in [-0.1, -0.05) is 170 Å². The monoisotopic (exact) mass is 661 g/mol. The summed E-state index contributed by atoms with van der Waals surface area (Å²) < 4.78 is 0. The minimum atomic E-state index is 0.644. The van der Waals surface area contributed by atoms with E-state index >= 15 is 0 Å². The Bertz CT molecular complexity index is 2890. The molecule has 0 N–H and O–H groups in total. The van der Waals surface area contributed by atoms with Crippen molar-refractivity contribution in [3.05, 3.63) is 188 Å². The van der Waals surface area contributed by atoms with E-state index in [1.165, 1.54) is 54.2 Å². The Balaban J connectivity index is 1.13. The fraction of sp³-hybridized carbons (Fsp3) is 0. The number of nitrogens with zero attached hydrogens (tertiary/aromatic N) is 3. The summed E-state index contributed by atoms with van der Waals surface area (Å²) in [5.41, 5.74) is 7.48. The summed E-state index contributed by atoms with van der Waals surface area (Å²) in [4.78, 5) is 14.9. The molecule has 3 nitrogen and oxygen atoms in total. The first kappa shape index (κ1) is 29.9. The van der Waals surface area contributed by atoms with Gasteiger partial charge in [0.05, 0.1) is 0 Å². The van der Waals surface area contributed by atoms with Crippen LogP contribution < -0.4 is 0 Å². The molecule has 0 atom stereocenters. The number of fused-ring (bicyclic) bond motifs is 8. The quantitative estimate of drug-likeness (QED) is 0.172. The molecule has 1 heterocycles. The molecule has 10 aromatic rings. The van der Waals surface area contributed by atoms with Gasteiger partial charge >= 0.3 is 0 Å². The van der Waals surface area contributed by atoms with Crippen molar-refractivity contribution in [2.45, 2.75) is 0 Å². The zero-order valence-electron chi connectivity index (χ0n) is 28.2. The lowest BCUT2D eigenvalue weighted by atomic mass is 9.87. The molecule has 0 aliphatic heterocycles. The zero-order valence-corrected chi connectivity index (χ0v) is 28.2. The SMILES string of the molecule is c1ccc(-c2nc(-c3ccccc3)nc(-c3cccc(-c4cccc(-c5cc6c7ccccc7c7ccccc7c6c6ccccc56)c4)c3)n2)cc1. The van der Waals surface area contributed by atoms with Gasteiger partial charge in [0.1, 0.15) is 0 Å². The van der Waals surface area contributed by atoms with E-state index in [0.717, 1.165) is 27.8 Å². The fourth-order valence-electron chi connectivity index (χ4n) is 7.65. The van der Waals surface area contributed by atoms with Gasteiger partial charge in [0.25, 0.3) is 0 Å². The van der Waals surface area contributed by atoms with Crippen LogP contribution in [-0.2, 0) is 0 Å². The van der Waals surface area contributed by atoms with Gasteiger partial charge < -0.3 is 0 Å². The second kappa shape index (κ2) is 12.4. The fourth-order valence-corrected chi connectivity index (χ4v) is 7.65. The third-order valence-electron chi connectivity index (χ3n) is 10.1. The molecule has 10 rings (SSSR count). The Kier molecular flexibility index (Phi) is 7.14. The van der Waals surface area contributed by atoms with E-state index in [4.69, 9.17) is 15.0 Å². The molecular weight excluding hydrogens is 631 g/mol. The van der Waals surface area contributed by atoms with Gasteiger partial charge in [0, 0.05) is 16.7 Å². The van der Waals surface area contributed by atoms with Crippen LogP contribution in [0, 0.1) is 0 Å². The van der Waals surface area contributed by atoms with Gasteiger partial charge in [-0.15, -0.1) is 0 Å². The van der Waals surface area contributed by atoms with E-state index in [-0.39, 0.29) is 0 Å². The lowest BCUT2D eigenvalue weighted by Crippen LogP contribution is -2.00. The van der Waals surface area contributed by atoms with E-state index in [0.29, 0.717) is 17.5 Å². The van der Waals surface area contributed by atoms with Crippen molar-refractivity contribution >= 4 is 43.1 Å². The van der Waals surface area contributed by atoms with E-state index in [1.54, 1.807) is 0 Å². The van der Waals surface area contributed by atoms with Gasteiger partial charge in [0.15, 0.2) is 17.5 Å². The summed E-state index contributed by atoms with van der Waals surface area (Å²) in [7, 11) is 0. The Hall–Kier alpha value is -6.97. The van der Waals surface area contributed by atoms with E-state index in [2.05, 4.69) is 127 Å². The van der Waals surface area contributed by atoms with Gasteiger partial charge in [-0.05, 0) is 83.5 Å². The van der Waals surface area contributed by atoms with Crippen molar-refractivity contribution < 1.29 is 0 Å². The van der Waals surface area contributed by atoms with Gasteiger partial charge in [-0.3, -0.25) is 0 Å². The van der Waals surface area contributed by atoms with Crippen LogP contribution in [0.3, 0.4) is 0 Å². The Morgan fingerprint density at radius 2 is 0.596 bits per heavy atom. The van der Waals surface area contributed by atoms with Crippen LogP contribution >= 0.6 is 0 Å². The molecule has 0 saturated carbocycles. The first-order chi connectivity index (χ1) is 25.8. The van der Waals surface area contributed by atoms with Crippen LogP contribution in [0.2, 0.25) is 0 Å². The summed E-state index contributed by atoms with van der Waals surface area (Å²) in [5, 5.41) is 10.2. The van der Waals surface area contributed by atoms with Crippen molar-refractivity contribution in [1.29, 1.82) is 0 Å². The van der Waals surface area contributed by atoms with Crippen LogP contribution in [0.15, 0.2) is 188 Å². The molecule has 52 heavy (non-hydrogen) atoms. The molecule has 242 valence electrons. The number of aromatic nitrogens is 3. The molecular formula is C49H31N3. The second-order valence-corrected chi connectivity index (χ2v) is 13.2. The van der Waals surface area contributed by atoms with E-state index in [1.807, 2.05) is 60.7 Å². The number of benzene rings is 9. The van der Waals surface area contributed by atoms with Crippen molar-refractivity contribution in [2.75, 3.05) is 0 Å². The molecule has 0 fully saturated rings. The average Bonchev–Trinajstić information content (AvgIpc) is 3.24. The third kappa shape index (κ3) is 5.10. The largest absolute Gasteiger partial charge is 0.208 e. The molecule has 0 aliphatic rings. The molecule has 0 amide bonds. The molecule has 3 heteroatoms. The predicted octanol–water partition coefficient (Wildman–Crippen LogP) is 12.8. The van der Waals surface area contributed by atoms with Crippen LogP contribution in [0.4, 0.5) is 0 Å². The van der Waals surface area contributed by atoms with Crippen LogP contribution in [0.1, 0.15) is 0 Å². The number of hydrogen-bond acceptors (Lipinski definition) is 3. The summed E-state index contributed by atoms with van der Waals surface area (Å²) in [6.07, 6.45) is 0. The molecule has 1 aromatic heterocycles. The number of rotatable bonds is 5. The maximum Gasteiger partial charge on any atom is 0.164 e. The molecule has 0 saturated heterocycles. The second-order valence-electron chi connectivity index (χ2n) is 13.2. The number of hydrogen-bond donors (Lipinski definition) is 0. The minimum Gasteiger partial charge on any atom is -0.208 e. The van der Waals surface area contributed by atoms with Crippen LogP contribution in [0.25, 0.3) is 99.5 Å². The summed E-state index contributed by atoms with van der Waals surface area (Å²) in [6, 6.07) is 66.5. The molecule has 9 aromatic carbocycles. The highest BCUT2D eigenvalue weighted by atomic mass is 15.0. The van der Waals surface area contributed by atoms with Crippen molar-refractivity contribution in [2.24, 2.45) is 0 Å². The highest BCUT2D eigenvalue weighted by molar-refractivity contribution is 6.33. The molecule has 0 bridgehead atoms. The van der Waals surface area contributed by atoms with Gasteiger partial charge in [-0.2, -0.15) is 0 Å². The normalized spacial score (nSPS) is 11.5. The zero-order chi connectivity index (χ0) is 34.4. The maximum absolute atomic E-state index is 4.99. The lowest BCUT2D eigenvalue weighted by Gasteiger charge is -2.16. The smallest absolute Gasteiger partial charge is 0.164 e. The molecule has 0 radical (unpaired) electrons.